The number of nitro benzene ring substituents is 1. The zero-order valence-electron chi connectivity index (χ0n) is 10.5. The average Bonchev–Trinajstić information content (AvgIpc) is 2.42. The van der Waals surface area contributed by atoms with Crippen molar-refractivity contribution in [2.75, 3.05) is 0 Å². The SMILES string of the molecule is Cc1c(Oc2c(F)cccc2C=O)cccc1[N+](=O)[O-]. The van der Waals surface area contributed by atoms with Crippen molar-refractivity contribution in [3.63, 3.8) is 0 Å². The van der Waals surface area contributed by atoms with Gasteiger partial charge in [0, 0.05) is 6.07 Å². The van der Waals surface area contributed by atoms with E-state index in [2.05, 4.69) is 0 Å². The van der Waals surface area contributed by atoms with Gasteiger partial charge in [-0.05, 0) is 25.1 Å². The third-order valence-corrected chi connectivity index (χ3v) is 2.79. The van der Waals surface area contributed by atoms with E-state index in [0.717, 1.165) is 6.07 Å². The third kappa shape index (κ3) is 2.49. The molecule has 2 aromatic carbocycles. The Balaban J connectivity index is 2.48. The van der Waals surface area contributed by atoms with E-state index in [0.29, 0.717) is 6.29 Å². The molecular weight excluding hydrogens is 265 g/mol. The number of halogens is 1. The largest absolute Gasteiger partial charge is 0.453 e. The minimum absolute atomic E-state index is 0.0379. The van der Waals surface area contributed by atoms with Crippen LogP contribution in [0.4, 0.5) is 10.1 Å². The number of nitrogens with zero attached hydrogens (tertiary/aromatic N) is 1. The van der Waals surface area contributed by atoms with Crippen molar-refractivity contribution in [2.45, 2.75) is 6.92 Å². The Morgan fingerprint density at radius 3 is 2.60 bits per heavy atom. The lowest BCUT2D eigenvalue weighted by Gasteiger charge is -2.11. The van der Waals surface area contributed by atoms with Crippen LogP contribution in [0.25, 0.3) is 0 Å². The first-order valence-electron chi connectivity index (χ1n) is 5.70. The number of aldehydes is 1. The van der Waals surface area contributed by atoms with Gasteiger partial charge in [-0.15, -0.1) is 0 Å². The number of carbonyl (C=O) groups is 1. The molecule has 0 N–H and O–H groups in total. The molecule has 0 bridgehead atoms. The highest BCUT2D eigenvalue weighted by atomic mass is 19.1. The van der Waals surface area contributed by atoms with Gasteiger partial charge in [0.2, 0.25) is 0 Å². The predicted octanol–water partition coefficient (Wildman–Crippen LogP) is 3.65. The molecule has 20 heavy (non-hydrogen) atoms. The monoisotopic (exact) mass is 275 g/mol. The van der Waals surface area contributed by atoms with E-state index in [4.69, 9.17) is 4.74 Å². The maximum atomic E-state index is 13.7. The van der Waals surface area contributed by atoms with Crippen molar-refractivity contribution in [1.82, 2.24) is 0 Å². The minimum atomic E-state index is -0.708. The molecule has 2 rings (SSSR count). The van der Waals surface area contributed by atoms with Crippen LogP contribution in [0.1, 0.15) is 15.9 Å². The van der Waals surface area contributed by atoms with Crippen LogP contribution >= 0.6 is 0 Å². The van der Waals surface area contributed by atoms with Crippen molar-refractivity contribution in [2.24, 2.45) is 0 Å². The van der Waals surface area contributed by atoms with Gasteiger partial charge >= 0.3 is 0 Å². The van der Waals surface area contributed by atoms with Gasteiger partial charge in [0.15, 0.2) is 17.9 Å². The number of para-hydroxylation sites is 1. The van der Waals surface area contributed by atoms with Gasteiger partial charge < -0.3 is 4.74 Å². The van der Waals surface area contributed by atoms with Gasteiger partial charge in [-0.25, -0.2) is 4.39 Å². The van der Waals surface area contributed by atoms with E-state index >= 15 is 0 Å². The highest BCUT2D eigenvalue weighted by molar-refractivity contribution is 5.79. The Hall–Kier alpha value is -2.76. The van der Waals surface area contributed by atoms with E-state index < -0.39 is 10.7 Å². The lowest BCUT2D eigenvalue weighted by molar-refractivity contribution is -0.385. The van der Waals surface area contributed by atoms with E-state index in [1.807, 2.05) is 0 Å². The molecule has 0 saturated carbocycles. The Kier molecular flexibility index (Phi) is 3.74. The lowest BCUT2D eigenvalue weighted by atomic mass is 10.1. The molecule has 0 amide bonds. The van der Waals surface area contributed by atoms with Crippen molar-refractivity contribution in [3.05, 3.63) is 63.5 Å². The van der Waals surface area contributed by atoms with Crippen molar-refractivity contribution in [1.29, 1.82) is 0 Å². The summed E-state index contributed by atoms with van der Waals surface area (Å²) < 4.78 is 19.0. The minimum Gasteiger partial charge on any atom is -0.453 e. The van der Waals surface area contributed by atoms with Gasteiger partial charge in [0.25, 0.3) is 5.69 Å². The molecule has 0 spiro atoms. The zero-order valence-corrected chi connectivity index (χ0v) is 10.5. The third-order valence-electron chi connectivity index (χ3n) is 2.79. The summed E-state index contributed by atoms with van der Waals surface area (Å²) in [6.45, 7) is 1.49. The van der Waals surface area contributed by atoms with Gasteiger partial charge in [-0.2, -0.15) is 0 Å². The van der Waals surface area contributed by atoms with Crippen molar-refractivity contribution < 1.29 is 18.8 Å². The molecule has 0 aliphatic carbocycles. The van der Waals surface area contributed by atoms with E-state index in [1.165, 1.54) is 37.3 Å². The zero-order chi connectivity index (χ0) is 14.7. The highest BCUT2D eigenvalue weighted by Gasteiger charge is 2.17. The van der Waals surface area contributed by atoms with Crippen LogP contribution in [0.15, 0.2) is 36.4 Å². The average molecular weight is 275 g/mol. The summed E-state index contributed by atoms with van der Waals surface area (Å²) in [5, 5.41) is 10.8. The van der Waals surface area contributed by atoms with Crippen LogP contribution in [-0.4, -0.2) is 11.2 Å². The molecule has 0 fully saturated rings. The van der Waals surface area contributed by atoms with Gasteiger partial charge in [-0.1, -0.05) is 12.1 Å². The highest BCUT2D eigenvalue weighted by Crippen LogP contribution is 2.33. The predicted molar refractivity (Wildman–Crippen MR) is 69.7 cm³/mol. The molecular formula is C14H10FNO4. The molecule has 0 aromatic heterocycles. The molecule has 2 aromatic rings. The van der Waals surface area contributed by atoms with Crippen LogP contribution in [0, 0.1) is 22.9 Å². The summed E-state index contributed by atoms with van der Waals surface area (Å²) in [7, 11) is 0. The van der Waals surface area contributed by atoms with Gasteiger partial charge in [-0.3, -0.25) is 14.9 Å². The van der Waals surface area contributed by atoms with E-state index in [1.54, 1.807) is 0 Å². The van der Waals surface area contributed by atoms with Crippen LogP contribution in [0.2, 0.25) is 0 Å². The normalized spacial score (nSPS) is 10.1. The molecule has 5 nitrogen and oxygen atoms in total. The maximum absolute atomic E-state index is 13.7. The second kappa shape index (κ2) is 5.48. The van der Waals surface area contributed by atoms with E-state index in [9.17, 15) is 19.3 Å². The number of hydrogen-bond acceptors (Lipinski definition) is 4. The smallest absolute Gasteiger partial charge is 0.276 e. The lowest BCUT2D eigenvalue weighted by Crippen LogP contribution is -1.98. The van der Waals surface area contributed by atoms with Gasteiger partial charge in [0.05, 0.1) is 16.1 Å². The topological polar surface area (TPSA) is 69.4 Å². The number of nitro groups is 1. The summed E-state index contributed by atoms with van der Waals surface area (Å²) >= 11 is 0. The first-order valence-corrected chi connectivity index (χ1v) is 5.70. The molecule has 0 saturated heterocycles. The van der Waals surface area contributed by atoms with Crippen LogP contribution in [-0.2, 0) is 0 Å². The number of rotatable bonds is 4. The Bertz CT molecular complexity index is 685. The van der Waals surface area contributed by atoms with Gasteiger partial charge in [0.1, 0.15) is 5.75 Å². The molecule has 0 heterocycles. The summed E-state index contributed by atoms with van der Waals surface area (Å²) in [5.41, 5.74) is 0.167. The Labute approximate surface area is 113 Å². The molecule has 0 radical (unpaired) electrons. The first kappa shape index (κ1) is 13.7. The summed E-state index contributed by atoms with van der Waals surface area (Å²) in [5.74, 6) is -0.820. The maximum Gasteiger partial charge on any atom is 0.276 e. The number of hydrogen-bond donors (Lipinski definition) is 0. The van der Waals surface area contributed by atoms with Crippen LogP contribution in [0.3, 0.4) is 0 Å². The fourth-order valence-electron chi connectivity index (χ4n) is 1.75. The number of ether oxygens (including phenoxy) is 1. The van der Waals surface area contributed by atoms with Crippen LogP contribution in [0.5, 0.6) is 11.5 Å². The molecule has 0 aliphatic rings. The van der Waals surface area contributed by atoms with Crippen molar-refractivity contribution >= 4 is 12.0 Å². The number of benzene rings is 2. The number of carbonyl (C=O) groups excluding carboxylic acids is 1. The summed E-state index contributed by atoms with van der Waals surface area (Å²) in [6.07, 6.45) is 0.463. The Morgan fingerprint density at radius 1 is 1.25 bits per heavy atom. The standard InChI is InChI=1S/C14H10FNO4/c1-9-12(16(18)19)6-3-7-13(9)20-14-10(8-17)4-2-5-11(14)15/h2-8H,1H3. The molecule has 0 aliphatic heterocycles. The Morgan fingerprint density at radius 2 is 1.95 bits per heavy atom. The summed E-state index contributed by atoms with van der Waals surface area (Å²) in [6, 6.07) is 8.16. The molecule has 0 unspecified atom stereocenters. The first-order chi connectivity index (χ1) is 9.54. The summed E-state index contributed by atoms with van der Waals surface area (Å²) in [4.78, 5) is 21.2. The van der Waals surface area contributed by atoms with E-state index in [-0.39, 0.29) is 28.3 Å². The van der Waals surface area contributed by atoms with Crippen LogP contribution < -0.4 is 4.74 Å². The quantitative estimate of drug-likeness (QED) is 0.485. The molecule has 102 valence electrons. The fourth-order valence-corrected chi connectivity index (χ4v) is 1.75. The molecule has 0 atom stereocenters. The second-order valence-electron chi connectivity index (χ2n) is 4.04. The fraction of sp³-hybridized carbons (Fsp3) is 0.0714. The molecule has 6 heteroatoms. The van der Waals surface area contributed by atoms with Crippen molar-refractivity contribution in [3.8, 4) is 11.5 Å². The second-order valence-corrected chi connectivity index (χ2v) is 4.04.